The topological polar surface area (TPSA) is 114 Å². The minimum atomic E-state index is -3.92. The van der Waals surface area contributed by atoms with Crippen LogP contribution >= 0.6 is 0 Å². The largest absolute Gasteiger partial charge is 0.497 e. The van der Waals surface area contributed by atoms with Crippen LogP contribution < -0.4 is 14.8 Å². The number of sulfonamides is 1. The van der Waals surface area contributed by atoms with Crippen molar-refractivity contribution in [3.05, 3.63) is 24.3 Å². The number of ether oxygens (including phenoxy) is 2. The number of amides is 2. The fraction of sp³-hybridized carbons (Fsp3) is 0.652. The Hall–Kier alpha value is -2.17. The standard InChI is InChI=1S/C23H37N3O6S/c1-16(2)21(22(28)25-23(3,4)5)26(15-18-8-7-13-32-18)20(27)14-24-33(29,30)19-11-9-17(31-6)10-12-19/h9-12,16,18,21,24H,7-8,13-15H2,1-6H3,(H,25,28)/t18-,21-/m0/s1. The van der Waals surface area contributed by atoms with Crippen molar-refractivity contribution in [2.75, 3.05) is 26.8 Å². The lowest BCUT2D eigenvalue weighted by molar-refractivity contribution is -0.143. The number of hydrogen-bond acceptors (Lipinski definition) is 6. The van der Waals surface area contributed by atoms with E-state index in [9.17, 15) is 18.0 Å². The predicted molar refractivity (Wildman–Crippen MR) is 125 cm³/mol. The van der Waals surface area contributed by atoms with Gasteiger partial charge in [-0.25, -0.2) is 13.1 Å². The van der Waals surface area contributed by atoms with E-state index in [1.165, 1.54) is 36.3 Å². The van der Waals surface area contributed by atoms with Crippen molar-refractivity contribution in [2.45, 2.75) is 70.0 Å². The molecule has 0 aliphatic carbocycles. The van der Waals surface area contributed by atoms with Crippen molar-refractivity contribution >= 4 is 21.8 Å². The van der Waals surface area contributed by atoms with E-state index in [0.29, 0.717) is 12.4 Å². The molecule has 1 fully saturated rings. The summed E-state index contributed by atoms with van der Waals surface area (Å²) in [4.78, 5) is 27.9. The van der Waals surface area contributed by atoms with E-state index in [-0.39, 0.29) is 29.4 Å². The zero-order chi connectivity index (χ0) is 24.8. The summed E-state index contributed by atoms with van der Waals surface area (Å²) in [5.41, 5.74) is -0.473. The molecule has 1 heterocycles. The Morgan fingerprint density at radius 1 is 1.21 bits per heavy atom. The van der Waals surface area contributed by atoms with E-state index in [0.717, 1.165) is 12.8 Å². The zero-order valence-corrected chi connectivity index (χ0v) is 21.2. The molecule has 186 valence electrons. The molecular weight excluding hydrogens is 446 g/mol. The van der Waals surface area contributed by atoms with Crippen LogP contribution in [-0.2, 0) is 24.3 Å². The second-order valence-electron chi connectivity index (χ2n) is 9.61. The zero-order valence-electron chi connectivity index (χ0n) is 20.4. The van der Waals surface area contributed by atoms with Crippen LogP contribution in [0.3, 0.4) is 0 Å². The molecule has 2 rings (SSSR count). The van der Waals surface area contributed by atoms with E-state index in [2.05, 4.69) is 10.0 Å². The first-order valence-electron chi connectivity index (χ1n) is 11.2. The lowest BCUT2D eigenvalue weighted by Gasteiger charge is -2.36. The third-order valence-electron chi connectivity index (χ3n) is 5.26. The number of rotatable bonds is 10. The molecule has 1 aliphatic heterocycles. The second-order valence-corrected chi connectivity index (χ2v) is 11.4. The van der Waals surface area contributed by atoms with Crippen LogP contribution in [0.5, 0.6) is 5.75 Å². The van der Waals surface area contributed by atoms with Crippen molar-refractivity contribution in [2.24, 2.45) is 5.92 Å². The van der Waals surface area contributed by atoms with Crippen LogP contribution in [0, 0.1) is 5.92 Å². The van der Waals surface area contributed by atoms with E-state index >= 15 is 0 Å². The minimum Gasteiger partial charge on any atom is -0.497 e. The molecule has 1 aromatic carbocycles. The molecule has 33 heavy (non-hydrogen) atoms. The van der Waals surface area contributed by atoms with E-state index in [1.54, 1.807) is 0 Å². The number of benzene rings is 1. The molecule has 1 saturated heterocycles. The summed E-state index contributed by atoms with van der Waals surface area (Å²) >= 11 is 0. The molecule has 0 unspecified atom stereocenters. The number of carbonyl (C=O) groups excluding carboxylic acids is 2. The lowest BCUT2D eigenvalue weighted by Crippen LogP contribution is -2.58. The Balaban J connectivity index is 2.22. The predicted octanol–water partition coefficient (Wildman–Crippen LogP) is 1.92. The van der Waals surface area contributed by atoms with Crippen molar-refractivity contribution in [3.8, 4) is 5.75 Å². The molecule has 0 aromatic heterocycles. The summed E-state index contributed by atoms with van der Waals surface area (Å²) in [6.45, 7) is 9.72. The average Bonchev–Trinajstić information content (AvgIpc) is 3.23. The summed E-state index contributed by atoms with van der Waals surface area (Å²) in [7, 11) is -2.43. The van der Waals surface area contributed by atoms with Gasteiger partial charge in [0, 0.05) is 18.7 Å². The van der Waals surface area contributed by atoms with Gasteiger partial charge < -0.3 is 19.7 Å². The van der Waals surface area contributed by atoms with Gasteiger partial charge in [-0.2, -0.15) is 0 Å². The summed E-state index contributed by atoms with van der Waals surface area (Å²) in [5.74, 6) is -0.416. The molecule has 2 amide bonds. The van der Waals surface area contributed by atoms with Gasteiger partial charge >= 0.3 is 0 Å². The van der Waals surface area contributed by atoms with Gasteiger partial charge in [-0.15, -0.1) is 0 Å². The summed E-state index contributed by atoms with van der Waals surface area (Å²) < 4.78 is 38.5. The Labute approximate surface area is 197 Å². The number of hydrogen-bond donors (Lipinski definition) is 2. The van der Waals surface area contributed by atoms with Crippen molar-refractivity contribution in [1.29, 1.82) is 0 Å². The van der Waals surface area contributed by atoms with E-state index in [1.807, 2.05) is 34.6 Å². The highest BCUT2D eigenvalue weighted by Crippen LogP contribution is 2.20. The summed E-state index contributed by atoms with van der Waals surface area (Å²) in [5, 5.41) is 2.95. The van der Waals surface area contributed by atoms with Gasteiger partial charge in [0.1, 0.15) is 11.8 Å². The van der Waals surface area contributed by atoms with Crippen molar-refractivity contribution < 1.29 is 27.5 Å². The maximum absolute atomic E-state index is 13.3. The molecular formula is C23H37N3O6S. The molecule has 2 N–H and O–H groups in total. The van der Waals surface area contributed by atoms with Gasteiger partial charge in [0.15, 0.2) is 0 Å². The number of methoxy groups -OCH3 is 1. The molecule has 1 aliphatic rings. The molecule has 2 atom stereocenters. The molecule has 9 nitrogen and oxygen atoms in total. The third kappa shape index (κ3) is 7.97. The summed E-state index contributed by atoms with van der Waals surface area (Å²) in [6, 6.07) is 5.12. The van der Waals surface area contributed by atoms with Crippen LogP contribution in [0.25, 0.3) is 0 Å². The first-order chi connectivity index (χ1) is 15.3. The van der Waals surface area contributed by atoms with Crippen LogP contribution in [-0.4, -0.2) is 69.6 Å². The maximum Gasteiger partial charge on any atom is 0.243 e. The molecule has 0 bridgehead atoms. The number of nitrogens with zero attached hydrogens (tertiary/aromatic N) is 1. The Morgan fingerprint density at radius 3 is 2.33 bits per heavy atom. The molecule has 1 aromatic rings. The first kappa shape index (κ1) is 27.1. The second kappa shape index (κ2) is 11.3. The van der Waals surface area contributed by atoms with Crippen LogP contribution in [0.1, 0.15) is 47.5 Å². The van der Waals surface area contributed by atoms with Gasteiger partial charge in [0.05, 0.1) is 24.7 Å². The minimum absolute atomic E-state index is 0.0210. The smallest absolute Gasteiger partial charge is 0.243 e. The van der Waals surface area contributed by atoms with Crippen LogP contribution in [0.15, 0.2) is 29.2 Å². The average molecular weight is 484 g/mol. The first-order valence-corrected chi connectivity index (χ1v) is 12.7. The van der Waals surface area contributed by atoms with Crippen molar-refractivity contribution in [1.82, 2.24) is 14.9 Å². The molecule has 0 saturated carbocycles. The molecule has 0 radical (unpaired) electrons. The fourth-order valence-electron chi connectivity index (χ4n) is 3.72. The quantitative estimate of drug-likeness (QED) is 0.526. The monoisotopic (exact) mass is 483 g/mol. The van der Waals surface area contributed by atoms with Gasteiger partial charge in [-0.05, 0) is 63.8 Å². The molecule has 10 heteroatoms. The SMILES string of the molecule is COc1ccc(S(=O)(=O)NCC(=O)N(C[C@@H]2CCCO2)[C@H](C(=O)NC(C)(C)C)C(C)C)cc1. The number of nitrogens with one attached hydrogen (secondary N) is 2. The Kier molecular flexibility index (Phi) is 9.28. The fourth-order valence-corrected chi connectivity index (χ4v) is 4.70. The molecule has 0 spiro atoms. The van der Waals surface area contributed by atoms with E-state index in [4.69, 9.17) is 9.47 Å². The van der Waals surface area contributed by atoms with Gasteiger partial charge in [0.25, 0.3) is 0 Å². The number of carbonyl (C=O) groups is 2. The highest BCUT2D eigenvalue weighted by molar-refractivity contribution is 7.89. The van der Waals surface area contributed by atoms with Gasteiger partial charge in [0.2, 0.25) is 21.8 Å². The van der Waals surface area contributed by atoms with Gasteiger partial charge in [-0.3, -0.25) is 9.59 Å². The third-order valence-corrected chi connectivity index (χ3v) is 6.68. The van der Waals surface area contributed by atoms with E-state index < -0.39 is 34.1 Å². The highest BCUT2D eigenvalue weighted by Gasteiger charge is 2.36. The van der Waals surface area contributed by atoms with Crippen LogP contribution in [0.2, 0.25) is 0 Å². The van der Waals surface area contributed by atoms with Gasteiger partial charge in [-0.1, -0.05) is 13.8 Å². The normalized spacial score (nSPS) is 17.6. The lowest BCUT2D eigenvalue weighted by atomic mass is 9.98. The highest BCUT2D eigenvalue weighted by atomic mass is 32.2. The Bertz CT molecular complexity index is 903. The van der Waals surface area contributed by atoms with Crippen molar-refractivity contribution in [3.63, 3.8) is 0 Å². The maximum atomic E-state index is 13.3. The Morgan fingerprint density at radius 2 is 1.85 bits per heavy atom. The summed E-state index contributed by atoms with van der Waals surface area (Å²) in [6.07, 6.45) is 1.49. The van der Waals surface area contributed by atoms with Crippen LogP contribution in [0.4, 0.5) is 0 Å².